The van der Waals surface area contributed by atoms with Crippen LogP contribution >= 0.6 is 0 Å². The van der Waals surface area contributed by atoms with Crippen LogP contribution in [0.15, 0.2) is 0 Å². The molecule has 6 nitrogen and oxygen atoms in total. The second-order valence-electron chi connectivity index (χ2n) is 2.04. The first-order valence-electron chi connectivity index (χ1n) is 3.04. The van der Waals surface area contributed by atoms with E-state index < -0.39 is 6.04 Å². The minimum Gasteiger partial charge on any atom is -0.346 e. The molecule has 1 amide bonds. The van der Waals surface area contributed by atoms with Gasteiger partial charge in [-0.15, -0.1) is 5.10 Å². The Bertz CT molecular complexity index is 231. The lowest BCUT2D eigenvalue weighted by Crippen LogP contribution is -2.24. The van der Waals surface area contributed by atoms with E-state index in [1.165, 1.54) is 6.92 Å². The van der Waals surface area contributed by atoms with Crippen LogP contribution < -0.4 is 5.32 Å². The number of aromatic amines is 1. The lowest BCUT2D eigenvalue weighted by molar-refractivity contribution is -0.119. The van der Waals surface area contributed by atoms with Crippen LogP contribution in [0.2, 0.25) is 0 Å². The topological polar surface area (TPSA) is 83.6 Å². The molecule has 0 saturated heterocycles. The highest BCUT2D eigenvalue weighted by Crippen LogP contribution is 2.00. The summed E-state index contributed by atoms with van der Waals surface area (Å²) in [6.07, 6.45) is 0. The number of aromatic nitrogens is 4. The van der Waals surface area contributed by atoms with Crippen LogP contribution in [-0.4, -0.2) is 26.5 Å². The highest BCUT2D eigenvalue weighted by atomic mass is 16.1. The van der Waals surface area contributed by atoms with Crippen LogP contribution in [0, 0.1) is 6.92 Å². The van der Waals surface area contributed by atoms with E-state index in [9.17, 15) is 4.79 Å². The van der Waals surface area contributed by atoms with Crippen molar-refractivity contribution in [3.63, 3.8) is 0 Å². The van der Waals surface area contributed by atoms with E-state index in [-0.39, 0.29) is 5.91 Å². The van der Waals surface area contributed by atoms with Gasteiger partial charge in [0.05, 0.1) is 6.04 Å². The van der Waals surface area contributed by atoms with Gasteiger partial charge in [0, 0.05) is 6.92 Å². The molecule has 1 rings (SSSR count). The number of nitrogens with zero attached hydrogens (tertiary/aromatic N) is 3. The molecule has 0 spiro atoms. The van der Waals surface area contributed by atoms with Gasteiger partial charge in [0.15, 0.2) is 5.82 Å². The highest BCUT2D eigenvalue weighted by Gasteiger charge is 2.08. The number of carbonyl (C=O) groups is 1. The fourth-order valence-electron chi connectivity index (χ4n) is 0.628. The summed E-state index contributed by atoms with van der Waals surface area (Å²) in [6, 6.07) is -0.414. The normalized spacial score (nSPS) is 12.5. The summed E-state index contributed by atoms with van der Waals surface area (Å²) in [6.45, 7) is 5.02. The number of H-pyrrole nitrogens is 1. The first-order valence-corrected chi connectivity index (χ1v) is 3.04. The molecule has 0 aromatic carbocycles. The first-order chi connectivity index (χ1) is 5.20. The van der Waals surface area contributed by atoms with Crippen LogP contribution in [0.5, 0.6) is 0 Å². The summed E-state index contributed by atoms with van der Waals surface area (Å²) in [5.41, 5.74) is 0. The molecule has 1 heterocycles. The maximum Gasteiger partial charge on any atom is 0.217 e. The van der Waals surface area contributed by atoms with E-state index in [4.69, 9.17) is 0 Å². The van der Waals surface area contributed by atoms with Gasteiger partial charge in [-0.25, -0.2) is 5.10 Å². The minimum atomic E-state index is -0.414. The second-order valence-corrected chi connectivity index (χ2v) is 2.04. The Kier molecular flexibility index (Phi) is 2.15. The average molecular weight is 154 g/mol. The Morgan fingerprint density at radius 1 is 1.82 bits per heavy atom. The number of amides is 1. The standard InChI is InChI=1S/C5H8N5O/c1-3(6-4(2)11)5-7-9-10-8-5/h3H,1H2,2H3,(H,6,11)(H,7,8,9,10). The number of hydrogen-bond acceptors (Lipinski definition) is 4. The SMILES string of the molecule is [CH2]C(NC(C)=O)c1nnn[nH]1. The zero-order valence-electron chi connectivity index (χ0n) is 6.03. The summed E-state index contributed by atoms with van der Waals surface area (Å²) in [5.74, 6) is 0.279. The predicted octanol–water partition coefficient (Wildman–Crippen LogP) is -0.789. The average Bonchev–Trinajstić information content (AvgIpc) is 2.35. The summed E-state index contributed by atoms with van der Waals surface area (Å²) < 4.78 is 0. The van der Waals surface area contributed by atoms with Gasteiger partial charge in [-0.2, -0.15) is 0 Å². The third kappa shape index (κ3) is 1.99. The van der Waals surface area contributed by atoms with Crippen molar-refractivity contribution in [2.24, 2.45) is 0 Å². The maximum absolute atomic E-state index is 10.5. The number of hydrogen-bond donors (Lipinski definition) is 2. The van der Waals surface area contributed by atoms with Crippen molar-refractivity contribution in [1.29, 1.82) is 0 Å². The van der Waals surface area contributed by atoms with E-state index in [1.54, 1.807) is 0 Å². The van der Waals surface area contributed by atoms with Gasteiger partial charge in [-0.05, 0) is 17.4 Å². The van der Waals surface area contributed by atoms with Gasteiger partial charge in [0.25, 0.3) is 0 Å². The fraction of sp³-hybridized carbons (Fsp3) is 0.400. The molecule has 1 aromatic heterocycles. The van der Waals surface area contributed by atoms with Crippen molar-refractivity contribution in [2.75, 3.05) is 0 Å². The molecule has 59 valence electrons. The molecule has 1 atom stereocenters. The summed E-state index contributed by atoms with van der Waals surface area (Å²) in [7, 11) is 0. The maximum atomic E-state index is 10.5. The van der Waals surface area contributed by atoms with Gasteiger partial charge >= 0.3 is 0 Å². The molecule has 11 heavy (non-hydrogen) atoms. The van der Waals surface area contributed by atoms with Gasteiger partial charge in [-0.1, -0.05) is 0 Å². The molecule has 1 aromatic rings. The number of rotatable bonds is 2. The predicted molar refractivity (Wildman–Crippen MR) is 36.1 cm³/mol. The minimum absolute atomic E-state index is 0.165. The van der Waals surface area contributed by atoms with Crippen LogP contribution in [0.1, 0.15) is 18.8 Å². The molecule has 2 N–H and O–H groups in total. The molecule has 0 aliphatic rings. The molecule has 1 unspecified atom stereocenters. The Hall–Kier alpha value is -1.46. The van der Waals surface area contributed by atoms with E-state index in [2.05, 4.69) is 32.9 Å². The smallest absolute Gasteiger partial charge is 0.217 e. The molecule has 0 aliphatic carbocycles. The third-order valence-corrected chi connectivity index (χ3v) is 1.07. The zero-order chi connectivity index (χ0) is 8.27. The van der Waals surface area contributed by atoms with Gasteiger partial charge in [0.1, 0.15) is 0 Å². The van der Waals surface area contributed by atoms with Crippen LogP contribution in [0.25, 0.3) is 0 Å². The van der Waals surface area contributed by atoms with E-state index in [1.807, 2.05) is 0 Å². The van der Waals surface area contributed by atoms with Crippen molar-refractivity contribution in [1.82, 2.24) is 25.9 Å². The fourth-order valence-corrected chi connectivity index (χ4v) is 0.628. The van der Waals surface area contributed by atoms with E-state index in [0.29, 0.717) is 5.82 Å². The molecule has 0 fully saturated rings. The molecule has 1 radical (unpaired) electrons. The van der Waals surface area contributed by atoms with Gasteiger partial charge in [0.2, 0.25) is 5.91 Å². The number of tetrazole rings is 1. The Balaban J connectivity index is 2.56. The van der Waals surface area contributed by atoms with Crippen molar-refractivity contribution in [3.8, 4) is 0 Å². The first kappa shape index (κ1) is 7.64. The summed E-state index contributed by atoms with van der Waals surface area (Å²) >= 11 is 0. The molecular formula is C5H8N5O. The summed E-state index contributed by atoms with van der Waals surface area (Å²) in [4.78, 5) is 10.5. The Labute approximate surface area is 63.4 Å². The number of nitrogens with one attached hydrogen (secondary N) is 2. The molecular weight excluding hydrogens is 146 g/mol. The van der Waals surface area contributed by atoms with Crippen molar-refractivity contribution in [3.05, 3.63) is 12.7 Å². The summed E-state index contributed by atoms with van der Waals surface area (Å²) in [5, 5.41) is 15.3. The molecule has 0 aliphatic heterocycles. The lowest BCUT2D eigenvalue weighted by Gasteiger charge is -2.06. The third-order valence-electron chi connectivity index (χ3n) is 1.07. The zero-order valence-corrected chi connectivity index (χ0v) is 6.03. The molecule has 0 bridgehead atoms. The van der Waals surface area contributed by atoms with Crippen LogP contribution in [-0.2, 0) is 4.79 Å². The number of carbonyl (C=O) groups excluding carboxylic acids is 1. The van der Waals surface area contributed by atoms with Gasteiger partial charge in [-0.3, -0.25) is 4.79 Å². The van der Waals surface area contributed by atoms with Crippen molar-refractivity contribution in [2.45, 2.75) is 13.0 Å². The molecule has 0 saturated carbocycles. The quantitative estimate of drug-likeness (QED) is 0.584. The van der Waals surface area contributed by atoms with Crippen molar-refractivity contribution >= 4 is 5.91 Å². The Morgan fingerprint density at radius 3 is 3.00 bits per heavy atom. The highest BCUT2D eigenvalue weighted by molar-refractivity contribution is 5.73. The monoisotopic (exact) mass is 154 g/mol. The van der Waals surface area contributed by atoms with E-state index >= 15 is 0 Å². The van der Waals surface area contributed by atoms with Crippen LogP contribution in [0.4, 0.5) is 0 Å². The lowest BCUT2D eigenvalue weighted by atomic mass is 10.3. The van der Waals surface area contributed by atoms with E-state index in [0.717, 1.165) is 0 Å². The van der Waals surface area contributed by atoms with Crippen LogP contribution in [0.3, 0.4) is 0 Å². The Morgan fingerprint density at radius 2 is 2.55 bits per heavy atom. The van der Waals surface area contributed by atoms with Gasteiger partial charge < -0.3 is 5.32 Å². The molecule has 6 heteroatoms. The van der Waals surface area contributed by atoms with Crippen molar-refractivity contribution < 1.29 is 4.79 Å². The second kappa shape index (κ2) is 3.09. The largest absolute Gasteiger partial charge is 0.346 e.